The molecule has 0 bridgehead atoms. The lowest BCUT2D eigenvalue weighted by Gasteiger charge is -2.17. The Morgan fingerprint density at radius 2 is 1.81 bits per heavy atom. The summed E-state index contributed by atoms with van der Waals surface area (Å²) >= 11 is 0. The molecule has 0 aliphatic carbocycles. The van der Waals surface area contributed by atoms with E-state index in [-0.39, 0.29) is 10.7 Å². The highest BCUT2D eigenvalue weighted by Gasteiger charge is 2.26. The molecule has 0 amide bonds. The Kier molecular flexibility index (Phi) is 8.46. The number of rotatable bonds is 10. The van der Waals surface area contributed by atoms with Crippen LogP contribution in [0.15, 0.2) is 28.8 Å². The average Bonchev–Trinajstić information content (AvgIpc) is 3.07. The van der Waals surface area contributed by atoms with E-state index >= 15 is 0 Å². The van der Waals surface area contributed by atoms with Crippen LogP contribution >= 0.6 is 0 Å². The van der Waals surface area contributed by atoms with Crippen molar-refractivity contribution >= 4 is 21.2 Å². The maximum Gasteiger partial charge on any atom is 0.223 e. The lowest BCUT2D eigenvalue weighted by Crippen LogP contribution is -2.13. The van der Waals surface area contributed by atoms with Crippen LogP contribution in [0.3, 0.4) is 0 Å². The standard InChI is InChI=1S/C25H36N2O4S/c1-9-10-13-31-25-21(14-26-27(25)15-16(2)3)24(28)20-11-12-22(32(8,29)30)23(19(20)7)18(6)17(4)5/h11-12,14,16H,9-10,13,15H2,1-8H3. The van der Waals surface area contributed by atoms with Crippen LogP contribution in [0.25, 0.3) is 5.57 Å². The van der Waals surface area contributed by atoms with Gasteiger partial charge in [0.05, 0.1) is 17.7 Å². The monoisotopic (exact) mass is 460 g/mol. The first-order chi connectivity index (χ1) is 14.9. The van der Waals surface area contributed by atoms with Crippen molar-refractivity contribution in [1.29, 1.82) is 0 Å². The molecule has 32 heavy (non-hydrogen) atoms. The van der Waals surface area contributed by atoms with E-state index in [0.29, 0.717) is 47.2 Å². The Morgan fingerprint density at radius 1 is 1.16 bits per heavy atom. The first kappa shape index (κ1) is 25.8. The molecule has 0 saturated heterocycles. The van der Waals surface area contributed by atoms with Gasteiger partial charge < -0.3 is 4.74 Å². The van der Waals surface area contributed by atoms with Crippen LogP contribution in [0.1, 0.15) is 81.4 Å². The van der Waals surface area contributed by atoms with Gasteiger partial charge in [-0.1, -0.05) is 32.8 Å². The molecule has 0 N–H and O–H groups in total. The Labute approximate surface area is 192 Å². The minimum Gasteiger partial charge on any atom is -0.477 e. The van der Waals surface area contributed by atoms with Crippen molar-refractivity contribution in [3.8, 4) is 5.88 Å². The molecule has 1 heterocycles. The van der Waals surface area contributed by atoms with Crippen LogP contribution < -0.4 is 4.74 Å². The molecule has 0 aliphatic rings. The van der Waals surface area contributed by atoms with Crippen molar-refractivity contribution in [2.75, 3.05) is 12.9 Å². The summed E-state index contributed by atoms with van der Waals surface area (Å²) in [7, 11) is -3.46. The molecule has 0 aliphatic heterocycles. The lowest BCUT2D eigenvalue weighted by atomic mass is 9.91. The molecule has 0 atom stereocenters. The van der Waals surface area contributed by atoms with Gasteiger partial charge in [0.2, 0.25) is 5.88 Å². The molecule has 6 nitrogen and oxygen atoms in total. The number of ether oxygens (including phenoxy) is 1. The zero-order valence-electron chi connectivity index (χ0n) is 20.6. The third-order valence-corrected chi connectivity index (χ3v) is 6.65. The third-order valence-electron chi connectivity index (χ3n) is 5.51. The first-order valence-corrected chi connectivity index (χ1v) is 13.0. The maximum absolute atomic E-state index is 13.6. The van der Waals surface area contributed by atoms with Crippen molar-refractivity contribution in [1.82, 2.24) is 9.78 Å². The van der Waals surface area contributed by atoms with Crippen molar-refractivity contribution < 1.29 is 17.9 Å². The Balaban J connectivity index is 2.67. The molecular weight excluding hydrogens is 424 g/mol. The molecule has 0 fully saturated rings. The fourth-order valence-electron chi connectivity index (χ4n) is 3.57. The second-order valence-electron chi connectivity index (χ2n) is 8.98. The van der Waals surface area contributed by atoms with E-state index in [4.69, 9.17) is 4.74 Å². The number of carbonyl (C=O) groups is 1. The normalized spacial score (nSPS) is 11.7. The van der Waals surface area contributed by atoms with E-state index in [1.54, 1.807) is 23.9 Å². The predicted octanol–water partition coefficient (Wildman–Crippen LogP) is 5.47. The average molecular weight is 461 g/mol. The Hall–Kier alpha value is -2.41. The van der Waals surface area contributed by atoms with Gasteiger partial charge in [-0.2, -0.15) is 5.10 Å². The zero-order chi connectivity index (χ0) is 24.2. The van der Waals surface area contributed by atoms with Crippen LogP contribution in [0.2, 0.25) is 0 Å². The number of ketones is 1. The highest BCUT2D eigenvalue weighted by Crippen LogP contribution is 2.33. The summed E-state index contributed by atoms with van der Waals surface area (Å²) in [4.78, 5) is 13.9. The first-order valence-electron chi connectivity index (χ1n) is 11.1. The summed E-state index contributed by atoms with van der Waals surface area (Å²) in [5, 5.41) is 4.42. The molecule has 7 heteroatoms. The molecule has 176 valence electrons. The number of unbranched alkanes of at least 4 members (excludes halogenated alkanes) is 1. The highest BCUT2D eigenvalue weighted by molar-refractivity contribution is 7.90. The van der Waals surface area contributed by atoms with Crippen LogP contribution in [0.4, 0.5) is 0 Å². The summed E-state index contributed by atoms with van der Waals surface area (Å²) in [5.41, 5.74) is 3.95. The van der Waals surface area contributed by atoms with E-state index in [1.165, 1.54) is 12.3 Å². The van der Waals surface area contributed by atoms with Gasteiger partial charge in [-0.15, -0.1) is 0 Å². The number of hydrogen-bond donors (Lipinski definition) is 0. The van der Waals surface area contributed by atoms with Gasteiger partial charge in [0.15, 0.2) is 15.6 Å². The minimum absolute atomic E-state index is 0.216. The van der Waals surface area contributed by atoms with Crippen LogP contribution in [0.5, 0.6) is 5.88 Å². The van der Waals surface area contributed by atoms with Gasteiger partial charge in [0.25, 0.3) is 0 Å². The SMILES string of the molecule is CCCCOc1c(C(=O)c2ccc(S(C)(=O)=O)c(C(C)=C(C)C)c2C)cnn1CC(C)C. The second kappa shape index (κ2) is 10.5. The summed E-state index contributed by atoms with van der Waals surface area (Å²) in [6.07, 6.45) is 4.62. The van der Waals surface area contributed by atoms with E-state index in [1.807, 2.05) is 20.8 Å². The number of hydrogen-bond acceptors (Lipinski definition) is 5. The minimum atomic E-state index is -3.46. The van der Waals surface area contributed by atoms with Crippen LogP contribution in [0, 0.1) is 12.8 Å². The van der Waals surface area contributed by atoms with E-state index in [9.17, 15) is 13.2 Å². The number of benzene rings is 1. The van der Waals surface area contributed by atoms with Gasteiger partial charge in [-0.25, -0.2) is 13.1 Å². The molecule has 1 aromatic heterocycles. The summed E-state index contributed by atoms with van der Waals surface area (Å²) in [6, 6.07) is 3.14. The second-order valence-corrected chi connectivity index (χ2v) is 11.0. The van der Waals surface area contributed by atoms with Gasteiger partial charge in [-0.05, 0) is 68.9 Å². The van der Waals surface area contributed by atoms with Crippen molar-refractivity contribution in [2.24, 2.45) is 5.92 Å². The third kappa shape index (κ3) is 5.68. The van der Waals surface area contributed by atoms with Gasteiger partial charge in [0.1, 0.15) is 5.56 Å². The Bertz CT molecular complexity index is 1120. The number of allylic oxidation sites excluding steroid dienone is 2. The predicted molar refractivity (Wildman–Crippen MR) is 129 cm³/mol. The van der Waals surface area contributed by atoms with E-state index in [0.717, 1.165) is 24.0 Å². The summed E-state index contributed by atoms with van der Waals surface area (Å²) < 4.78 is 32.6. The maximum atomic E-state index is 13.6. The number of sulfone groups is 1. The fourth-order valence-corrected chi connectivity index (χ4v) is 4.57. The van der Waals surface area contributed by atoms with E-state index in [2.05, 4.69) is 25.9 Å². The van der Waals surface area contributed by atoms with Crippen molar-refractivity contribution in [3.05, 3.63) is 46.2 Å². The molecule has 0 saturated carbocycles. The van der Waals surface area contributed by atoms with Crippen LogP contribution in [-0.2, 0) is 16.4 Å². The van der Waals surface area contributed by atoms with Gasteiger partial charge in [-0.3, -0.25) is 4.79 Å². The summed E-state index contributed by atoms with van der Waals surface area (Å²) in [6.45, 7) is 15.0. The lowest BCUT2D eigenvalue weighted by molar-refractivity contribution is 0.103. The molecule has 0 unspecified atom stereocenters. The smallest absolute Gasteiger partial charge is 0.223 e. The quantitative estimate of drug-likeness (QED) is 0.347. The molecule has 2 rings (SSSR count). The highest BCUT2D eigenvalue weighted by atomic mass is 32.2. The zero-order valence-corrected chi connectivity index (χ0v) is 21.4. The van der Waals surface area contributed by atoms with Crippen molar-refractivity contribution in [2.45, 2.75) is 72.7 Å². The van der Waals surface area contributed by atoms with E-state index < -0.39 is 9.84 Å². The molecule has 1 aromatic carbocycles. The molecular formula is C25H36N2O4S. The fraction of sp³-hybridized carbons (Fsp3) is 0.520. The largest absolute Gasteiger partial charge is 0.477 e. The van der Waals surface area contributed by atoms with Gasteiger partial charge >= 0.3 is 0 Å². The topological polar surface area (TPSA) is 78.3 Å². The molecule has 2 aromatic rings. The molecule has 0 spiro atoms. The van der Waals surface area contributed by atoms with Gasteiger partial charge in [0, 0.05) is 18.4 Å². The van der Waals surface area contributed by atoms with Crippen molar-refractivity contribution in [3.63, 3.8) is 0 Å². The van der Waals surface area contributed by atoms with Crippen LogP contribution in [-0.4, -0.2) is 36.8 Å². The number of aromatic nitrogens is 2. The Morgan fingerprint density at radius 3 is 2.34 bits per heavy atom. The number of carbonyl (C=O) groups excluding carboxylic acids is 1. The molecule has 0 radical (unpaired) electrons. The summed E-state index contributed by atoms with van der Waals surface area (Å²) in [5.74, 6) is 0.602. The number of nitrogens with zero attached hydrogens (tertiary/aromatic N) is 2.